The molecule has 1 aromatic carbocycles. The molecule has 0 saturated carbocycles. The molecule has 0 bridgehead atoms. The fourth-order valence-electron chi connectivity index (χ4n) is 2.35. The zero-order valence-corrected chi connectivity index (χ0v) is 17.3. The van der Waals surface area contributed by atoms with Crippen molar-refractivity contribution in [1.82, 2.24) is 10.6 Å². The molecule has 152 valence electrons. The maximum Gasteiger partial charge on any atom is 0.227 e. The lowest BCUT2D eigenvalue weighted by Gasteiger charge is -2.14. The number of nitrogens with zero attached hydrogens (tertiary/aromatic N) is 1. The Labute approximate surface area is 164 Å². The van der Waals surface area contributed by atoms with Gasteiger partial charge in [0, 0.05) is 45.0 Å². The highest BCUT2D eigenvalue weighted by Gasteiger charge is 2.10. The number of carbonyl (C=O) groups is 1. The van der Waals surface area contributed by atoms with Crippen LogP contribution in [0.2, 0.25) is 0 Å². The fourth-order valence-corrected chi connectivity index (χ4v) is 2.35. The van der Waals surface area contributed by atoms with E-state index in [1.54, 1.807) is 7.05 Å². The highest BCUT2D eigenvalue weighted by molar-refractivity contribution is 5.92. The number of ether oxygens (including phenoxy) is 1. The smallest absolute Gasteiger partial charge is 0.227 e. The molecule has 1 atom stereocenters. The first-order valence-electron chi connectivity index (χ1n) is 10.0. The first-order chi connectivity index (χ1) is 13.1. The van der Waals surface area contributed by atoms with Gasteiger partial charge in [0.25, 0.3) is 0 Å². The van der Waals surface area contributed by atoms with Crippen molar-refractivity contribution in [2.45, 2.75) is 53.0 Å². The second-order valence-corrected chi connectivity index (χ2v) is 6.67. The summed E-state index contributed by atoms with van der Waals surface area (Å²) in [5.41, 5.74) is 1.91. The van der Waals surface area contributed by atoms with Gasteiger partial charge < -0.3 is 20.7 Å². The molecule has 0 aliphatic heterocycles. The molecule has 0 aromatic heterocycles. The third kappa shape index (κ3) is 9.99. The van der Waals surface area contributed by atoms with Crippen molar-refractivity contribution in [2.75, 3.05) is 32.1 Å². The predicted molar refractivity (Wildman–Crippen MR) is 113 cm³/mol. The van der Waals surface area contributed by atoms with Crippen LogP contribution in [0.5, 0.6) is 0 Å². The van der Waals surface area contributed by atoms with Crippen LogP contribution in [0.25, 0.3) is 0 Å². The number of amides is 1. The van der Waals surface area contributed by atoms with Crippen molar-refractivity contribution >= 4 is 17.6 Å². The lowest BCUT2D eigenvalue weighted by Crippen LogP contribution is -2.37. The number of rotatable bonds is 12. The third-order valence-electron chi connectivity index (χ3n) is 4.34. The quantitative estimate of drug-likeness (QED) is 0.296. The minimum atomic E-state index is 0.0146. The molecular weight excluding hydrogens is 340 g/mol. The Hall–Kier alpha value is -2.08. The lowest BCUT2D eigenvalue weighted by atomic mass is 10.1. The van der Waals surface area contributed by atoms with Crippen molar-refractivity contribution in [3.63, 3.8) is 0 Å². The first kappa shape index (κ1) is 23.0. The molecule has 0 aliphatic carbocycles. The van der Waals surface area contributed by atoms with Gasteiger partial charge in [-0.25, -0.2) is 0 Å². The van der Waals surface area contributed by atoms with E-state index in [0.29, 0.717) is 6.54 Å². The maximum absolute atomic E-state index is 12.0. The monoisotopic (exact) mass is 376 g/mol. The normalized spacial score (nSPS) is 12.5. The van der Waals surface area contributed by atoms with Crippen LogP contribution in [-0.2, 0) is 16.1 Å². The molecule has 1 amide bonds. The number of carbonyl (C=O) groups excluding carboxylic acids is 1. The summed E-state index contributed by atoms with van der Waals surface area (Å²) >= 11 is 0. The molecule has 6 nitrogen and oxygen atoms in total. The lowest BCUT2D eigenvalue weighted by molar-refractivity contribution is -0.119. The Morgan fingerprint density at radius 2 is 1.96 bits per heavy atom. The van der Waals surface area contributed by atoms with E-state index in [2.05, 4.69) is 27.9 Å². The van der Waals surface area contributed by atoms with Gasteiger partial charge in [-0.15, -0.1) is 0 Å². The average Bonchev–Trinajstić information content (AvgIpc) is 2.69. The Morgan fingerprint density at radius 1 is 1.19 bits per heavy atom. The van der Waals surface area contributed by atoms with Crippen LogP contribution in [0.15, 0.2) is 29.3 Å². The standard InChI is InChI=1S/C21H36N4O2/c1-5-7-13-27-14-9-12-23-21(22-4)24-16-18-10-8-11-19(15-18)25-20(26)17(3)6-2/h8,10-11,15,17H,5-7,9,12-14,16H2,1-4H3,(H,25,26)(H2,22,23,24). The number of unbranched alkanes of at least 4 members (excludes halogenated alkanes) is 1. The number of anilines is 1. The number of benzene rings is 1. The van der Waals surface area contributed by atoms with Gasteiger partial charge in [0.2, 0.25) is 5.91 Å². The van der Waals surface area contributed by atoms with Gasteiger partial charge in [-0.3, -0.25) is 9.79 Å². The first-order valence-corrected chi connectivity index (χ1v) is 10.0. The van der Waals surface area contributed by atoms with E-state index in [9.17, 15) is 4.79 Å². The minimum Gasteiger partial charge on any atom is -0.381 e. The largest absolute Gasteiger partial charge is 0.381 e. The number of hydrogen-bond acceptors (Lipinski definition) is 3. The van der Waals surface area contributed by atoms with Gasteiger partial charge in [-0.2, -0.15) is 0 Å². The summed E-state index contributed by atoms with van der Waals surface area (Å²) in [5.74, 6) is 0.833. The zero-order chi connectivity index (χ0) is 19.9. The van der Waals surface area contributed by atoms with Gasteiger partial charge in [0.05, 0.1) is 0 Å². The molecule has 0 aliphatic rings. The summed E-state index contributed by atoms with van der Waals surface area (Å²) in [6.45, 7) is 9.17. The predicted octanol–water partition coefficient (Wildman–Crippen LogP) is 3.54. The molecule has 0 radical (unpaired) electrons. The summed E-state index contributed by atoms with van der Waals surface area (Å²) in [6.07, 6.45) is 4.06. The topological polar surface area (TPSA) is 74.8 Å². The summed E-state index contributed by atoms with van der Waals surface area (Å²) in [7, 11) is 1.76. The third-order valence-corrected chi connectivity index (χ3v) is 4.34. The second-order valence-electron chi connectivity index (χ2n) is 6.67. The van der Waals surface area contributed by atoms with E-state index in [4.69, 9.17) is 4.74 Å². The van der Waals surface area contributed by atoms with Crippen molar-refractivity contribution in [3.8, 4) is 0 Å². The van der Waals surface area contributed by atoms with E-state index < -0.39 is 0 Å². The molecular formula is C21H36N4O2. The highest BCUT2D eigenvalue weighted by atomic mass is 16.5. The van der Waals surface area contributed by atoms with Gasteiger partial charge in [-0.1, -0.05) is 39.3 Å². The van der Waals surface area contributed by atoms with Crippen LogP contribution in [0.3, 0.4) is 0 Å². The zero-order valence-electron chi connectivity index (χ0n) is 17.3. The molecule has 1 rings (SSSR count). The van der Waals surface area contributed by atoms with Crippen LogP contribution >= 0.6 is 0 Å². The van der Waals surface area contributed by atoms with Crippen molar-refractivity contribution in [1.29, 1.82) is 0 Å². The summed E-state index contributed by atoms with van der Waals surface area (Å²) in [5, 5.41) is 9.56. The number of guanidine groups is 1. The number of hydrogen-bond donors (Lipinski definition) is 3. The maximum atomic E-state index is 12.0. The molecule has 1 unspecified atom stereocenters. The van der Waals surface area contributed by atoms with Crippen LogP contribution < -0.4 is 16.0 Å². The van der Waals surface area contributed by atoms with E-state index in [1.807, 2.05) is 38.1 Å². The molecule has 0 fully saturated rings. The molecule has 0 spiro atoms. The molecule has 0 heterocycles. The SMILES string of the molecule is CCCCOCCCNC(=NC)NCc1cccc(NC(=O)C(C)CC)c1. The van der Waals surface area contributed by atoms with Crippen molar-refractivity contribution in [3.05, 3.63) is 29.8 Å². The molecule has 0 saturated heterocycles. The Morgan fingerprint density at radius 3 is 2.67 bits per heavy atom. The van der Waals surface area contributed by atoms with E-state index in [1.165, 1.54) is 0 Å². The van der Waals surface area contributed by atoms with Crippen LogP contribution in [0.1, 0.15) is 52.0 Å². The molecule has 3 N–H and O–H groups in total. The van der Waals surface area contributed by atoms with Crippen LogP contribution in [0, 0.1) is 5.92 Å². The summed E-state index contributed by atoms with van der Waals surface area (Å²) in [6, 6.07) is 7.88. The number of nitrogens with one attached hydrogen (secondary N) is 3. The average molecular weight is 377 g/mol. The Balaban J connectivity index is 2.36. The van der Waals surface area contributed by atoms with Crippen molar-refractivity contribution in [2.24, 2.45) is 10.9 Å². The van der Waals surface area contributed by atoms with Gasteiger partial charge in [-0.05, 0) is 37.0 Å². The van der Waals surface area contributed by atoms with Crippen molar-refractivity contribution < 1.29 is 9.53 Å². The van der Waals surface area contributed by atoms with Gasteiger partial charge in [0.1, 0.15) is 0 Å². The molecule has 6 heteroatoms. The minimum absolute atomic E-state index is 0.0146. The van der Waals surface area contributed by atoms with E-state index in [-0.39, 0.29) is 11.8 Å². The summed E-state index contributed by atoms with van der Waals surface area (Å²) in [4.78, 5) is 16.3. The van der Waals surface area contributed by atoms with E-state index >= 15 is 0 Å². The van der Waals surface area contributed by atoms with Gasteiger partial charge >= 0.3 is 0 Å². The molecule has 27 heavy (non-hydrogen) atoms. The van der Waals surface area contributed by atoms with Crippen LogP contribution in [-0.4, -0.2) is 38.7 Å². The molecule has 1 aromatic rings. The number of aliphatic imine (C=N–C) groups is 1. The summed E-state index contributed by atoms with van der Waals surface area (Å²) < 4.78 is 5.55. The Bertz CT molecular complexity index is 575. The van der Waals surface area contributed by atoms with E-state index in [0.717, 1.165) is 62.7 Å². The highest BCUT2D eigenvalue weighted by Crippen LogP contribution is 2.13. The van der Waals surface area contributed by atoms with Crippen LogP contribution in [0.4, 0.5) is 5.69 Å². The second kappa shape index (κ2) is 14.0. The Kier molecular flexibility index (Phi) is 11.9. The fraction of sp³-hybridized carbons (Fsp3) is 0.619. The van der Waals surface area contributed by atoms with Gasteiger partial charge in [0.15, 0.2) is 5.96 Å².